The number of rotatable bonds is 2. The van der Waals surface area contributed by atoms with Crippen LogP contribution in [-0.4, -0.2) is 35.0 Å². The quantitative estimate of drug-likeness (QED) is 0.546. The SMILES string of the molecule is C/C=C/C(=O)N1CCC[C@H]1C(=O)OC(C)(C)C. The highest BCUT2D eigenvalue weighted by atomic mass is 16.6. The van der Waals surface area contributed by atoms with Gasteiger partial charge in [0.05, 0.1) is 0 Å². The number of hydrogen-bond donors (Lipinski definition) is 0. The van der Waals surface area contributed by atoms with E-state index in [2.05, 4.69) is 0 Å². The highest BCUT2D eigenvalue weighted by Crippen LogP contribution is 2.21. The monoisotopic (exact) mass is 239 g/mol. The van der Waals surface area contributed by atoms with Crippen LogP contribution < -0.4 is 0 Å². The number of hydrogen-bond acceptors (Lipinski definition) is 3. The summed E-state index contributed by atoms with van der Waals surface area (Å²) in [5, 5.41) is 0. The molecular weight excluding hydrogens is 218 g/mol. The topological polar surface area (TPSA) is 46.6 Å². The van der Waals surface area contributed by atoms with Crippen molar-refractivity contribution < 1.29 is 14.3 Å². The van der Waals surface area contributed by atoms with E-state index in [9.17, 15) is 9.59 Å². The molecule has 0 aromatic heterocycles. The van der Waals surface area contributed by atoms with Crippen LogP contribution in [0, 0.1) is 0 Å². The number of carbonyl (C=O) groups excluding carboxylic acids is 2. The first-order chi connectivity index (χ1) is 7.85. The molecule has 1 fully saturated rings. The Balaban J connectivity index is 2.69. The molecular formula is C13H21NO3. The summed E-state index contributed by atoms with van der Waals surface area (Å²) in [5.74, 6) is -0.409. The van der Waals surface area contributed by atoms with Gasteiger partial charge in [-0.25, -0.2) is 4.79 Å². The van der Waals surface area contributed by atoms with Gasteiger partial charge in [-0.15, -0.1) is 0 Å². The average molecular weight is 239 g/mol. The predicted molar refractivity (Wildman–Crippen MR) is 65.4 cm³/mol. The second kappa shape index (κ2) is 5.34. The highest BCUT2D eigenvalue weighted by Gasteiger charge is 2.35. The van der Waals surface area contributed by atoms with Gasteiger partial charge < -0.3 is 9.64 Å². The van der Waals surface area contributed by atoms with Gasteiger partial charge in [0.1, 0.15) is 11.6 Å². The molecule has 1 atom stereocenters. The van der Waals surface area contributed by atoms with Crippen molar-refractivity contribution in [1.29, 1.82) is 0 Å². The van der Waals surface area contributed by atoms with E-state index in [1.807, 2.05) is 20.8 Å². The van der Waals surface area contributed by atoms with Gasteiger partial charge in [-0.3, -0.25) is 4.79 Å². The molecule has 0 spiro atoms. The Kier molecular flexibility index (Phi) is 4.32. The molecule has 1 amide bonds. The molecule has 4 nitrogen and oxygen atoms in total. The Hall–Kier alpha value is -1.32. The number of likely N-dealkylation sites (tertiary alicyclic amines) is 1. The third-order valence-electron chi connectivity index (χ3n) is 2.52. The molecule has 1 aliphatic rings. The summed E-state index contributed by atoms with van der Waals surface area (Å²) in [7, 11) is 0. The largest absolute Gasteiger partial charge is 0.458 e. The number of amides is 1. The lowest BCUT2D eigenvalue weighted by Gasteiger charge is -2.26. The zero-order valence-corrected chi connectivity index (χ0v) is 11.0. The number of ether oxygens (including phenoxy) is 1. The molecule has 0 radical (unpaired) electrons. The lowest BCUT2D eigenvalue weighted by molar-refractivity contribution is -0.162. The molecule has 1 rings (SSSR count). The Morgan fingerprint density at radius 1 is 1.35 bits per heavy atom. The van der Waals surface area contributed by atoms with Gasteiger partial charge in [0.15, 0.2) is 0 Å². The summed E-state index contributed by atoms with van der Waals surface area (Å²) in [4.78, 5) is 25.3. The van der Waals surface area contributed by atoms with Crippen molar-refractivity contribution in [2.75, 3.05) is 6.54 Å². The maximum absolute atomic E-state index is 11.9. The Morgan fingerprint density at radius 2 is 2.00 bits per heavy atom. The molecule has 17 heavy (non-hydrogen) atoms. The molecule has 1 aliphatic heterocycles. The van der Waals surface area contributed by atoms with Gasteiger partial charge in [-0.1, -0.05) is 6.08 Å². The fourth-order valence-electron chi connectivity index (χ4n) is 1.88. The Morgan fingerprint density at radius 3 is 2.53 bits per heavy atom. The minimum absolute atomic E-state index is 0.110. The van der Waals surface area contributed by atoms with E-state index in [0.29, 0.717) is 13.0 Å². The minimum atomic E-state index is -0.505. The lowest BCUT2D eigenvalue weighted by Crippen LogP contribution is -2.42. The summed E-state index contributed by atoms with van der Waals surface area (Å²) >= 11 is 0. The van der Waals surface area contributed by atoms with Crippen LogP contribution in [0.15, 0.2) is 12.2 Å². The second-order valence-electron chi connectivity index (χ2n) is 5.22. The van der Waals surface area contributed by atoms with Crippen LogP contribution in [0.25, 0.3) is 0 Å². The number of carbonyl (C=O) groups is 2. The molecule has 1 heterocycles. The third-order valence-corrected chi connectivity index (χ3v) is 2.52. The Bertz CT molecular complexity index is 328. The summed E-state index contributed by atoms with van der Waals surface area (Å²) in [6, 6.07) is -0.419. The predicted octanol–water partition coefficient (Wildman–Crippen LogP) is 1.90. The summed E-state index contributed by atoms with van der Waals surface area (Å²) in [6.45, 7) is 7.91. The molecule has 0 aromatic rings. The first kappa shape index (κ1) is 13.7. The van der Waals surface area contributed by atoms with Crippen molar-refractivity contribution in [3.63, 3.8) is 0 Å². The van der Waals surface area contributed by atoms with Crippen LogP contribution in [-0.2, 0) is 14.3 Å². The maximum Gasteiger partial charge on any atom is 0.329 e. The van der Waals surface area contributed by atoms with E-state index >= 15 is 0 Å². The summed E-state index contributed by atoms with van der Waals surface area (Å²) < 4.78 is 5.32. The number of esters is 1. The van der Waals surface area contributed by atoms with Crippen molar-refractivity contribution in [3.05, 3.63) is 12.2 Å². The van der Waals surface area contributed by atoms with Crippen LogP contribution in [0.5, 0.6) is 0 Å². The van der Waals surface area contributed by atoms with E-state index in [1.54, 1.807) is 17.9 Å². The van der Waals surface area contributed by atoms with Crippen LogP contribution in [0.1, 0.15) is 40.5 Å². The Labute approximate surface area is 103 Å². The molecule has 0 aromatic carbocycles. The van der Waals surface area contributed by atoms with Gasteiger partial charge >= 0.3 is 5.97 Å². The molecule has 0 saturated carbocycles. The molecule has 0 aliphatic carbocycles. The fourth-order valence-corrected chi connectivity index (χ4v) is 1.88. The first-order valence-electron chi connectivity index (χ1n) is 6.01. The standard InChI is InChI=1S/C13H21NO3/c1-5-7-11(15)14-9-6-8-10(14)12(16)17-13(2,3)4/h5,7,10H,6,8-9H2,1-4H3/b7-5+/t10-/m0/s1. The van der Waals surface area contributed by atoms with Crippen molar-refractivity contribution >= 4 is 11.9 Å². The van der Waals surface area contributed by atoms with Gasteiger partial charge in [0, 0.05) is 6.54 Å². The van der Waals surface area contributed by atoms with Gasteiger partial charge in [0.25, 0.3) is 0 Å². The summed E-state index contributed by atoms with van der Waals surface area (Å²) in [5.41, 5.74) is -0.505. The normalized spacial score (nSPS) is 20.9. The van der Waals surface area contributed by atoms with Gasteiger partial charge in [0.2, 0.25) is 5.91 Å². The van der Waals surface area contributed by atoms with Crippen molar-refractivity contribution in [1.82, 2.24) is 4.90 Å². The molecule has 96 valence electrons. The third kappa shape index (κ3) is 3.88. The molecule has 0 unspecified atom stereocenters. The maximum atomic E-state index is 11.9. The number of nitrogens with zero attached hydrogens (tertiary/aromatic N) is 1. The lowest BCUT2D eigenvalue weighted by atomic mass is 10.1. The van der Waals surface area contributed by atoms with Crippen LogP contribution in [0.2, 0.25) is 0 Å². The smallest absolute Gasteiger partial charge is 0.329 e. The second-order valence-corrected chi connectivity index (χ2v) is 5.22. The number of allylic oxidation sites excluding steroid dienone is 1. The average Bonchev–Trinajstić information content (AvgIpc) is 2.63. The van der Waals surface area contributed by atoms with Crippen LogP contribution in [0.3, 0.4) is 0 Å². The van der Waals surface area contributed by atoms with Crippen molar-refractivity contribution in [2.45, 2.75) is 52.2 Å². The molecule has 0 bridgehead atoms. The zero-order chi connectivity index (χ0) is 13.1. The van der Waals surface area contributed by atoms with E-state index in [4.69, 9.17) is 4.74 Å². The highest BCUT2D eigenvalue weighted by molar-refractivity contribution is 5.92. The summed E-state index contributed by atoms with van der Waals surface area (Å²) in [6.07, 6.45) is 4.72. The minimum Gasteiger partial charge on any atom is -0.458 e. The molecule has 4 heteroatoms. The first-order valence-corrected chi connectivity index (χ1v) is 6.01. The van der Waals surface area contributed by atoms with Crippen LogP contribution >= 0.6 is 0 Å². The van der Waals surface area contributed by atoms with Gasteiger partial charge in [-0.2, -0.15) is 0 Å². The van der Waals surface area contributed by atoms with E-state index < -0.39 is 11.6 Å². The van der Waals surface area contributed by atoms with E-state index in [1.165, 1.54) is 6.08 Å². The van der Waals surface area contributed by atoms with Crippen LogP contribution in [0.4, 0.5) is 0 Å². The molecule has 0 N–H and O–H groups in total. The fraction of sp³-hybridized carbons (Fsp3) is 0.692. The van der Waals surface area contributed by atoms with Crippen molar-refractivity contribution in [3.8, 4) is 0 Å². The van der Waals surface area contributed by atoms with E-state index in [-0.39, 0.29) is 11.9 Å². The molecule has 1 saturated heterocycles. The van der Waals surface area contributed by atoms with E-state index in [0.717, 1.165) is 6.42 Å². The zero-order valence-electron chi connectivity index (χ0n) is 11.0. The van der Waals surface area contributed by atoms with Gasteiger partial charge in [-0.05, 0) is 46.6 Å². The van der Waals surface area contributed by atoms with Crippen molar-refractivity contribution in [2.24, 2.45) is 0 Å².